The van der Waals surface area contributed by atoms with Crippen LogP contribution in [0.2, 0.25) is 0 Å². The van der Waals surface area contributed by atoms with Crippen molar-refractivity contribution in [2.24, 2.45) is 0 Å². The zero-order valence-corrected chi connectivity index (χ0v) is 12.7. The molecule has 0 aliphatic carbocycles. The van der Waals surface area contributed by atoms with Gasteiger partial charge in [0.1, 0.15) is 11.3 Å². The summed E-state index contributed by atoms with van der Waals surface area (Å²) in [5.41, 5.74) is 0.114. The van der Waals surface area contributed by atoms with E-state index in [9.17, 15) is 13.2 Å². The lowest BCUT2D eigenvalue weighted by Crippen LogP contribution is -2.07. The fourth-order valence-electron chi connectivity index (χ4n) is 1.52. The number of benzene rings is 1. The molecule has 0 saturated heterocycles. The molecule has 0 spiro atoms. The molecule has 108 valence electrons. The monoisotopic (exact) mass is 308 g/mol. The summed E-state index contributed by atoms with van der Waals surface area (Å²) >= 11 is 0. The minimum atomic E-state index is -3.35. The van der Waals surface area contributed by atoms with Crippen LogP contribution in [0, 0.1) is 5.82 Å². The van der Waals surface area contributed by atoms with E-state index in [1.54, 1.807) is 32.0 Å². The molecular weight excluding hydrogens is 290 g/mol. The van der Waals surface area contributed by atoms with Gasteiger partial charge >= 0.3 is 7.60 Å². The summed E-state index contributed by atoms with van der Waals surface area (Å²) in [5, 5.41) is 0. The zero-order valence-electron chi connectivity index (χ0n) is 11.0. The maximum absolute atomic E-state index is 13.4. The van der Waals surface area contributed by atoms with Crippen molar-refractivity contribution in [3.05, 3.63) is 35.6 Å². The summed E-state index contributed by atoms with van der Waals surface area (Å²) in [6.07, 6.45) is 0. The Morgan fingerprint density at radius 1 is 1.21 bits per heavy atom. The summed E-state index contributed by atoms with van der Waals surface area (Å²) in [6, 6.07) is 6.09. The number of hydrogen-bond acceptors (Lipinski definition) is 4. The molecule has 0 saturated carbocycles. The first kappa shape index (κ1) is 16.5. The van der Waals surface area contributed by atoms with Gasteiger partial charge in [-0.05, 0) is 19.9 Å². The molecule has 1 rings (SSSR count). The topological polar surface area (TPSA) is 52.6 Å². The van der Waals surface area contributed by atoms with Gasteiger partial charge in [-0.15, -0.1) is 0 Å². The Morgan fingerprint density at radius 2 is 1.79 bits per heavy atom. The zero-order chi connectivity index (χ0) is 14.3. The smallest absolute Gasteiger partial charge is 0.308 e. The van der Waals surface area contributed by atoms with E-state index in [2.05, 4.69) is 0 Å². The standard InChI is InChI=1S/C12H18FO4PS/c1-3-16-18(14,17-4-2)10-19(15)9-11-7-5-6-8-12(11)13/h5-8H,3-4,9-10H2,1-2H3/t19-/m0/s1. The normalized spacial score (nSPS) is 13.4. The van der Waals surface area contributed by atoms with Crippen LogP contribution in [-0.2, 0) is 30.2 Å². The summed E-state index contributed by atoms with van der Waals surface area (Å²) < 4.78 is 47.6. The van der Waals surface area contributed by atoms with Crippen LogP contribution < -0.4 is 0 Å². The SMILES string of the molecule is CCOP(=O)(C[S@@](=O)Cc1ccccc1F)OCC. The molecule has 0 unspecified atom stereocenters. The Hall–Kier alpha value is -0.550. The van der Waals surface area contributed by atoms with Crippen LogP contribution in [-0.4, -0.2) is 22.9 Å². The molecule has 0 aliphatic heterocycles. The predicted octanol–water partition coefficient (Wildman–Crippen LogP) is 3.30. The van der Waals surface area contributed by atoms with Crippen molar-refractivity contribution in [3.63, 3.8) is 0 Å². The Balaban J connectivity index is 2.68. The van der Waals surface area contributed by atoms with Gasteiger partial charge in [-0.25, -0.2) is 4.39 Å². The van der Waals surface area contributed by atoms with Gasteiger partial charge in [-0.3, -0.25) is 8.77 Å². The predicted molar refractivity (Wildman–Crippen MR) is 74.0 cm³/mol. The third-order valence-electron chi connectivity index (χ3n) is 2.23. The average Bonchev–Trinajstić information content (AvgIpc) is 2.32. The third-order valence-corrected chi connectivity index (χ3v) is 6.58. The Morgan fingerprint density at radius 3 is 2.32 bits per heavy atom. The molecule has 0 amide bonds. The van der Waals surface area contributed by atoms with Crippen molar-refractivity contribution >= 4 is 18.4 Å². The number of halogens is 1. The second-order valence-electron chi connectivity index (χ2n) is 3.75. The first-order valence-electron chi connectivity index (χ1n) is 5.97. The van der Waals surface area contributed by atoms with Crippen LogP contribution in [0.25, 0.3) is 0 Å². The fourth-order valence-corrected chi connectivity index (χ4v) is 5.33. The summed E-state index contributed by atoms with van der Waals surface area (Å²) in [4.78, 5) is 0. The van der Waals surface area contributed by atoms with Gasteiger partial charge in [0.25, 0.3) is 0 Å². The maximum Gasteiger partial charge on any atom is 0.343 e. The van der Waals surface area contributed by atoms with Crippen LogP contribution in [0.15, 0.2) is 24.3 Å². The molecule has 1 aromatic rings. The van der Waals surface area contributed by atoms with E-state index in [1.165, 1.54) is 6.07 Å². The molecule has 7 heteroatoms. The largest absolute Gasteiger partial charge is 0.343 e. The first-order chi connectivity index (χ1) is 9.00. The number of hydrogen-bond donors (Lipinski definition) is 0. The van der Waals surface area contributed by atoms with E-state index in [0.29, 0.717) is 5.56 Å². The van der Waals surface area contributed by atoms with Crippen molar-refractivity contribution in [3.8, 4) is 0 Å². The Labute approximate surface area is 115 Å². The summed E-state index contributed by atoms with van der Waals surface area (Å²) in [5.74, 6) is -0.421. The highest BCUT2D eigenvalue weighted by atomic mass is 32.2. The molecule has 0 bridgehead atoms. The van der Waals surface area contributed by atoms with Gasteiger partial charge in [0.2, 0.25) is 0 Å². The van der Waals surface area contributed by atoms with E-state index in [-0.39, 0.29) is 24.5 Å². The van der Waals surface area contributed by atoms with Crippen LogP contribution in [0.3, 0.4) is 0 Å². The maximum atomic E-state index is 13.4. The minimum Gasteiger partial charge on any atom is -0.308 e. The lowest BCUT2D eigenvalue weighted by Gasteiger charge is -2.16. The lowest BCUT2D eigenvalue weighted by atomic mass is 10.2. The minimum absolute atomic E-state index is 0.00316. The molecule has 0 aliphatic rings. The molecule has 0 aromatic heterocycles. The summed E-state index contributed by atoms with van der Waals surface area (Å²) in [6.45, 7) is 3.80. The number of rotatable bonds is 8. The average molecular weight is 308 g/mol. The summed E-state index contributed by atoms with van der Waals surface area (Å²) in [7, 11) is -4.86. The first-order valence-corrected chi connectivity index (χ1v) is 9.19. The third kappa shape index (κ3) is 5.53. The van der Waals surface area contributed by atoms with Crippen LogP contribution in [0.1, 0.15) is 19.4 Å². The van der Waals surface area contributed by atoms with E-state index in [1.807, 2.05) is 0 Å². The van der Waals surface area contributed by atoms with E-state index >= 15 is 0 Å². The molecular formula is C12H18FO4PS. The molecule has 1 atom stereocenters. The molecule has 0 radical (unpaired) electrons. The van der Waals surface area contributed by atoms with Gasteiger partial charge < -0.3 is 9.05 Å². The van der Waals surface area contributed by atoms with Crippen molar-refractivity contribution in [1.82, 2.24) is 0 Å². The second-order valence-corrected chi connectivity index (χ2v) is 7.69. The van der Waals surface area contributed by atoms with Crippen LogP contribution in [0.4, 0.5) is 4.39 Å². The van der Waals surface area contributed by atoms with Crippen molar-refractivity contribution in [2.45, 2.75) is 19.6 Å². The van der Waals surface area contributed by atoms with Crippen LogP contribution >= 0.6 is 7.60 Å². The van der Waals surface area contributed by atoms with E-state index in [0.717, 1.165) is 0 Å². The molecule has 4 nitrogen and oxygen atoms in total. The van der Waals surface area contributed by atoms with Crippen LogP contribution in [0.5, 0.6) is 0 Å². The van der Waals surface area contributed by atoms with Gasteiger partial charge in [-0.2, -0.15) is 0 Å². The van der Waals surface area contributed by atoms with Crippen molar-refractivity contribution in [1.29, 1.82) is 0 Å². The van der Waals surface area contributed by atoms with Crippen molar-refractivity contribution < 1.29 is 22.2 Å². The lowest BCUT2D eigenvalue weighted by molar-refractivity contribution is 0.224. The highest BCUT2D eigenvalue weighted by Gasteiger charge is 2.27. The molecule has 1 aromatic carbocycles. The molecule has 0 N–H and O–H groups in total. The Kier molecular flexibility index (Phi) is 6.86. The fraction of sp³-hybridized carbons (Fsp3) is 0.500. The Bertz CT molecular complexity index is 471. The van der Waals surface area contributed by atoms with Gasteiger partial charge in [0.15, 0.2) is 0 Å². The van der Waals surface area contributed by atoms with Crippen molar-refractivity contribution in [2.75, 3.05) is 18.7 Å². The highest BCUT2D eigenvalue weighted by Crippen LogP contribution is 2.48. The second kappa shape index (κ2) is 7.90. The molecule has 19 heavy (non-hydrogen) atoms. The molecule has 0 heterocycles. The highest BCUT2D eigenvalue weighted by molar-refractivity contribution is 7.91. The van der Waals surface area contributed by atoms with E-state index < -0.39 is 24.2 Å². The van der Waals surface area contributed by atoms with E-state index in [4.69, 9.17) is 9.05 Å². The van der Waals surface area contributed by atoms with Gasteiger partial charge in [-0.1, -0.05) is 18.2 Å². The molecule has 0 fully saturated rings. The quantitative estimate of drug-likeness (QED) is 0.691. The van der Waals surface area contributed by atoms with Gasteiger partial charge in [0, 0.05) is 16.4 Å². The van der Waals surface area contributed by atoms with Gasteiger partial charge in [0.05, 0.1) is 19.0 Å².